The van der Waals surface area contributed by atoms with Crippen molar-refractivity contribution in [3.8, 4) is 45.8 Å². The number of aryl methyl sites for hydroxylation is 2. The molecular formula is C61H82N8O11. The second-order valence-corrected chi connectivity index (χ2v) is 20.8. The average Bonchev–Trinajstić information content (AvgIpc) is 4.46. The van der Waals surface area contributed by atoms with Gasteiger partial charge in [-0.25, -0.2) is 9.97 Å². The largest absolute Gasteiger partial charge is 0.492 e. The van der Waals surface area contributed by atoms with E-state index in [1.807, 2.05) is 43.3 Å². The zero-order valence-electron chi connectivity index (χ0n) is 47.9. The fourth-order valence-electron chi connectivity index (χ4n) is 9.45. The number of aromatic nitrogens is 2. The maximum Gasteiger partial charge on any atom is 0.305 e. The van der Waals surface area contributed by atoms with Crippen LogP contribution in [0.1, 0.15) is 144 Å². The minimum Gasteiger partial charge on any atom is -0.492 e. The van der Waals surface area contributed by atoms with E-state index < -0.39 is 41.5 Å². The molecular weight excluding hydrogens is 1020 g/mol. The van der Waals surface area contributed by atoms with Crippen molar-refractivity contribution in [3.63, 3.8) is 0 Å². The summed E-state index contributed by atoms with van der Waals surface area (Å²) < 4.78 is 22.7. The third-order valence-corrected chi connectivity index (χ3v) is 14.8. The standard InChI is InChI=1S/C52H64N8O8.C5H10O.C4H8O2/c1-6-52(18-19-52)68-38-13-10-35(11-14-38)49-57-32(3)47(33(4)58-49)43(62)30-37(17-21-54)51(65)60(5)48-36-12-16-46(67-25-23-56)40(29-36)39-27-34(9-15-45(39)66-24-22-55)28-41(42(61)8-7-20-53)59-50(64)31(2)26-44(48)63;1-2-5(6)3-4-5;1-3-4(5)6-2/h9-16,27,29,31,37,41,48H,6-8,17-19,21-26,28,30,54-56H2,1-5H3,(H,59,64);6H,2-4H2,1H3;3H2,1-2H3/t31-,37-,41+,48+;;/m1../s1. The summed E-state index contributed by atoms with van der Waals surface area (Å²) >= 11 is 0. The fraction of sp³-hybridized carbons (Fsp3) is 0.525. The highest BCUT2D eigenvalue weighted by Crippen LogP contribution is 2.44. The van der Waals surface area contributed by atoms with Gasteiger partial charge in [0.15, 0.2) is 23.2 Å². The van der Waals surface area contributed by atoms with Crippen LogP contribution in [0.5, 0.6) is 17.2 Å². The smallest absolute Gasteiger partial charge is 0.305 e. The molecule has 4 bridgehead atoms. The van der Waals surface area contributed by atoms with Gasteiger partial charge in [0.25, 0.3) is 0 Å². The number of nitrogens with one attached hydrogen (secondary N) is 1. The van der Waals surface area contributed by atoms with E-state index in [4.69, 9.17) is 46.5 Å². The number of carbonyl (C=O) groups is 6. The van der Waals surface area contributed by atoms with E-state index in [-0.39, 0.29) is 100 Å². The number of nitrogens with two attached hydrogens (primary N) is 3. The zero-order chi connectivity index (χ0) is 58.7. The molecule has 432 valence electrons. The Bertz CT molecular complexity index is 2810. The van der Waals surface area contributed by atoms with Crippen LogP contribution in [0.4, 0.5) is 0 Å². The summed E-state index contributed by atoms with van der Waals surface area (Å²) in [5.41, 5.74) is 21.7. The number of nitrogens with zero attached hydrogens (tertiary/aromatic N) is 4. The number of hydrogen-bond donors (Lipinski definition) is 5. The van der Waals surface area contributed by atoms with Gasteiger partial charge in [-0.3, -0.25) is 28.8 Å². The summed E-state index contributed by atoms with van der Waals surface area (Å²) in [6, 6.07) is 17.8. The predicted octanol–water partition coefficient (Wildman–Crippen LogP) is 7.16. The second-order valence-electron chi connectivity index (χ2n) is 20.8. The first-order valence-corrected chi connectivity index (χ1v) is 27.8. The maximum atomic E-state index is 14.8. The molecule has 80 heavy (non-hydrogen) atoms. The van der Waals surface area contributed by atoms with Gasteiger partial charge in [-0.05, 0) is 131 Å². The van der Waals surface area contributed by atoms with E-state index in [2.05, 4.69) is 17.0 Å². The minimum atomic E-state index is -1.25. The number of methoxy groups -OCH3 is 1. The van der Waals surface area contributed by atoms with Crippen molar-refractivity contribution in [2.45, 2.75) is 148 Å². The van der Waals surface area contributed by atoms with Gasteiger partial charge >= 0.3 is 5.97 Å². The number of benzene rings is 3. The topological polar surface area (TPSA) is 302 Å². The van der Waals surface area contributed by atoms with Crippen LogP contribution in [0.2, 0.25) is 0 Å². The highest BCUT2D eigenvalue weighted by atomic mass is 16.5. The summed E-state index contributed by atoms with van der Waals surface area (Å²) in [4.78, 5) is 92.0. The normalized spacial score (nSPS) is 17.9. The van der Waals surface area contributed by atoms with E-state index in [9.17, 15) is 34.0 Å². The van der Waals surface area contributed by atoms with Crippen LogP contribution in [-0.2, 0) is 35.1 Å². The molecule has 2 aliphatic carbocycles. The van der Waals surface area contributed by atoms with E-state index in [0.717, 1.165) is 49.8 Å². The lowest BCUT2D eigenvalue weighted by atomic mass is 9.88. The third-order valence-electron chi connectivity index (χ3n) is 14.8. The van der Waals surface area contributed by atoms with Crippen molar-refractivity contribution in [2.75, 3.05) is 47.0 Å². The summed E-state index contributed by atoms with van der Waals surface area (Å²) in [5, 5.41) is 21.0. The Morgan fingerprint density at radius 2 is 1.46 bits per heavy atom. The molecule has 0 radical (unpaired) electrons. The molecule has 3 aromatic carbocycles. The number of likely N-dealkylation sites (N-methyl/N-ethyl adjacent to an activating group) is 1. The summed E-state index contributed by atoms with van der Waals surface area (Å²) in [5.74, 6) is -2.14. The Balaban J connectivity index is 0.000000872. The van der Waals surface area contributed by atoms with Gasteiger partial charge in [-0.2, -0.15) is 5.26 Å². The van der Waals surface area contributed by atoms with Crippen LogP contribution in [-0.4, -0.2) is 119 Å². The molecule has 3 aliphatic rings. The maximum absolute atomic E-state index is 14.8. The number of fused-ring (bicyclic) bond motifs is 5. The first kappa shape index (κ1) is 63.7. The number of ether oxygens (including phenoxy) is 4. The highest BCUT2D eigenvalue weighted by Gasteiger charge is 2.43. The molecule has 2 saturated carbocycles. The van der Waals surface area contributed by atoms with Crippen molar-refractivity contribution >= 4 is 35.1 Å². The SMILES string of the molecule is CCC(=O)OC.CCC1(O)CC1.CCC1(Oc2ccc(-c3nc(C)c(C(=O)C[C@@H](CCN)C(=O)N(C)[C@@H]4C(=O)C[C@@H](C)C(=O)N[C@H](C(=O)CCC#N)Cc5ccc(OCCN)c(c5)-c5cc4ccc5OCCN)c(C)n3)cc2)CC1. The monoisotopic (exact) mass is 1100 g/mol. The Hall–Kier alpha value is -7.11. The van der Waals surface area contributed by atoms with Crippen molar-refractivity contribution in [3.05, 3.63) is 88.7 Å². The molecule has 4 atom stereocenters. The Morgan fingerprint density at radius 1 is 0.850 bits per heavy atom. The van der Waals surface area contributed by atoms with Crippen LogP contribution >= 0.6 is 0 Å². The van der Waals surface area contributed by atoms with Gasteiger partial charge in [-0.15, -0.1) is 0 Å². The van der Waals surface area contributed by atoms with Gasteiger partial charge in [0, 0.05) is 80.8 Å². The lowest BCUT2D eigenvalue weighted by molar-refractivity contribution is -0.142. The van der Waals surface area contributed by atoms with E-state index in [1.54, 1.807) is 58.0 Å². The van der Waals surface area contributed by atoms with E-state index in [1.165, 1.54) is 19.1 Å². The Labute approximate surface area is 470 Å². The molecule has 4 aromatic rings. The van der Waals surface area contributed by atoms with Crippen molar-refractivity contribution < 1.29 is 52.8 Å². The number of esters is 1. The number of ketones is 3. The van der Waals surface area contributed by atoms with Crippen molar-refractivity contribution in [2.24, 2.45) is 29.0 Å². The van der Waals surface area contributed by atoms with Gasteiger partial charge in [0.05, 0.1) is 41.8 Å². The van der Waals surface area contributed by atoms with Crippen molar-refractivity contribution in [1.82, 2.24) is 20.2 Å². The number of amides is 2. The quantitative estimate of drug-likeness (QED) is 0.0385. The third kappa shape index (κ3) is 17.4. The van der Waals surface area contributed by atoms with Gasteiger partial charge in [0.1, 0.15) is 42.1 Å². The number of rotatable bonds is 22. The van der Waals surface area contributed by atoms with Crippen LogP contribution in [0, 0.1) is 37.0 Å². The molecule has 0 saturated heterocycles. The first-order chi connectivity index (χ1) is 38.2. The molecule has 19 heteroatoms. The van der Waals surface area contributed by atoms with Crippen molar-refractivity contribution in [1.29, 1.82) is 5.26 Å². The van der Waals surface area contributed by atoms with Crippen LogP contribution in [0.3, 0.4) is 0 Å². The van der Waals surface area contributed by atoms with E-state index in [0.29, 0.717) is 62.9 Å². The fourth-order valence-corrected chi connectivity index (χ4v) is 9.45. The molecule has 2 fully saturated rings. The number of hydrogen-bond acceptors (Lipinski definition) is 17. The Morgan fingerprint density at radius 3 is 1.96 bits per heavy atom. The summed E-state index contributed by atoms with van der Waals surface area (Å²) in [6.45, 7) is 11.8. The summed E-state index contributed by atoms with van der Waals surface area (Å²) in [7, 11) is 2.88. The molecule has 7 rings (SSSR count). The Kier molecular flexibility index (Phi) is 23.8. The second kappa shape index (κ2) is 29.9. The lowest BCUT2D eigenvalue weighted by Crippen LogP contribution is -2.46. The highest BCUT2D eigenvalue weighted by molar-refractivity contribution is 6.01. The molecule has 19 nitrogen and oxygen atoms in total. The van der Waals surface area contributed by atoms with Gasteiger partial charge in [-0.1, -0.05) is 39.8 Å². The average molecular weight is 1100 g/mol. The predicted molar refractivity (Wildman–Crippen MR) is 303 cm³/mol. The molecule has 8 N–H and O–H groups in total. The number of carbonyl (C=O) groups excluding carboxylic acids is 6. The zero-order valence-corrected chi connectivity index (χ0v) is 47.9. The molecule has 0 spiro atoms. The molecule has 1 aromatic heterocycles. The molecule has 2 heterocycles. The van der Waals surface area contributed by atoms with E-state index >= 15 is 0 Å². The van der Waals surface area contributed by atoms with Gasteiger partial charge in [0.2, 0.25) is 11.8 Å². The van der Waals surface area contributed by atoms with Gasteiger partial charge < -0.3 is 51.5 Å². The number of aliphatic hydroxyl groups is 1. The lowest BCUT2D eigenvalue weighted by Gasteiger charge is -2.32. The summed E-state index contributed by atoms with van der Waals surface area (Å²) in [6.07, 6.45) is 6.06. The van der Waals surface area contributed by atoms with Crippen LogP contribution in [0.25, 0.3) is 22.5 Å². The number of Topliss-reactive ketones (excluding diaryl/α,β-unsaturated/α-hetero) is 3. The number of nitriles is 1. The van der Waals surface area contributed by atoms with Crippen LogP contribution in [0.15, 0.2) is 60.7 Å². The van der Waals surface area contributed by atoms with Crippen LogP contribution < -0.4 is 36.7 Å². The first-order valence-electron chi connectivity index (χ1n) is 27.8. The molecule has 2 amide bonds. The minimum absolute atomic E-state index is 0.0336. The molecule has 1 aliphatic heterocycles. The molecule has 0 unspecified atom stereocenters.